The molecule has 0 bridgehead atoms. The van der Waals surface area contributed by atoms with Gasteiger partial charge >= 0.3 is 0 Å². The van der Waals surface area contributed by atoms with E-state index in [0.717, 1.165) is 5.69 Å². The molecule has 0 unspecified atom stereocenters. The summed E-state index contributed by atoms with van der Waals surface area (Å²) in [7, 11) is 0. The molecule has 1 aliphatic heterocycles. The average molecular weight is 501 g/mol. The molecule has 0 radical (unpaired) electrons. The molecule has 5 aromatic carbocycles. The number of hydrogen-bond acceptors (Lipinski definition) is 2. The van der Waals surface area contributed by atoms with Crippen molar-refractivity contribution in [2.75, 3.05) is 4.90 Å². The van der Waals surface area contributed by atoms with Gasteiger partial charge in [-0.3, -0.25) is 4.98 Å². The van der Waals surface area contributed by atoms with Gasteiger partial charge < -0.3 is 4.90 Å². The maximum absolute atomic E-state index is 4.76. The summed E-state index contributed by atoms with van der Waals surface area (Å²) in [6, 6.07) is 56.7. The minimum absolute atomic E-state index is 0.631. The van der Waals surface area contributed by atoms with Crippen LogP contribution in [0.2, 0.25) is 0 Å². The molecule has 0 saturated heterocycles. The Balaban J connectivity index is 1.74. The van der Waals surface area contributed by atoms with Crippen molar-refractivity contribution in [2.24, 2.45) is 0 Å². The van der Waals surface area contributed by atoms with Crippen LogP contribution in [0.1, 0.15) is 33.4 Å². The summed E-state index contributed by atoms with van der Waals surface area (Å²) in [5.41, 5.74) is 7.07. The Morgan fingerprint density at radius 2 is 0.744 bits per heavy atom. The largest absolute Gasteiger partial charge is 0.336 e. The molecule has 0 amide bonds. The number of nitrogens with zero attached hydrogens (tertiary/aromatic N) is 2. The van der Waals surface area contributed by atoms with Gasteiger partial charge in [-0.1, -0.05) is 140 Å². The van der Waals surface area contributed by atoms with E-state index >= 15 is 0 Å². The van der Waals surface area contributed by atoms with Crippen LogP contribution in [0.15, 0.2) is 170 Å². The second-order valence-corrected chi connectivity index (χ2v) is 9.98. The van der Waals surface area contributed by atoms with Gasteiger partial charge in [0, 0.05) is 23.6 Å². The predicted molar refractivity (Wildman–Crippen MR) is 159 cm³/mol. The van der Waals surface area contributed by atoms with Crippen LogP contribution in [-0.4, -0.2) is 4.98 Å². The van der Waals surface area contributed by atoms with Crippen LogP contribution in [0.4, 0.5) is 5.69 Å². The highest BCUT2D eigenvalue weighted by Gasteiger charge is 2.61. The highest BCUT2D eigenvalue weighted by molar-refractivity contribution is 5.77. The van der Waals surface area contributed by atoms with E-state index in [1.807, 2.05) is 6.20 Å². The summed E-state index contributed by atoms with van der Waals surface area (Å²) in [4.78, 5) is 7.40. The zero-order chi connectivity index (χ0) is 26.1. The number of aromatic nitrogens is 1. The predicted octanol–water partition coefficient (Wildman–Crippen LogP) is 8.19. The SMILES string of the molecule is c1ccc(N2C(c3ccccc3)(c3ccccc3)c3ccncc3C2(c2ccccc2)c2ccccc2)cc1. The summed E-state index contributed by atoms with van der Waals surface area (Å²) in [6.07, 6.45) is 4.02. The number of pyridine rings is 1. The number of rotatable bonds is 5. The first kappa shape index (κ1) is 23.2. The first-order valence-corrected chi connectivity index (χ1v) is 13.4. The van der Waals surface area contributed by atoms with Gasteiger partial charge in [0.05, 0.1) is 0 Å². The van der Waals surface area contributed by atoms with E-state index in [0.29, 0.717) is 0 Å². The van der Waals surface area contributed by atoms with Crippen molar-refractivity contribution in [1.82, 2.24) is 4.98 Å². The zero-order valence-electron chi connectivity index (χ0n) is 21.6. The third-order valence-corrected chi connectivity index (χ3v) is 8.05. The lowest BCUT2D eigenvalue weighted by atomic mass is 9.77. The second kappa shape index (κ2) is 9.41. The average Bonchev–Trinajstić information content (AvgIpc) is 3.32. The molecule has 6 aromatic rings. The second-order valence-electron chi connectivity index (χ2n) is 9.98. The third kappa shape index (κ3) is 3.31. The molecule has 0 N–H and O–H groups in total. The van der Waals surface area contributed by atoms with Gasteiger partial charge in [-0.05, 0) is 46.0 Å². The van der Waals surface area contributed by atoms with Crippen molar-refractivity contribution in [3.8, 4) is 0 Å². The van der Waals surface area contributed by atoms with Gasteiger partial charge in [0.2, 0.25) is 0 Å². The Hall–Kier alpha value is -4.95. The maximum Gasteiger partial charge on any atom is 0.119 e. The van der Waals surface area contributed by atoms with Gasteiger partial charge in [-0.25, -0.2) is 0 Å². The Morgan fingerprint density at radius 3 is 1.15 bits per heavy atom. The van der Waals surface area contributed by atoms with Crippen LogP contribution in [-0.2, 0) is 11.1 Å². The summed E-state index contributed by atoms with van der Waals surface area (Å²) in [6.45, 7) is 0. The summed E-state index contributed by atoms with van der Waals surface area (Å²) >= 11 is 0. The molecule has 0 spiro atoms. The lowest BCUT2D eigenvalue weighted by Gasteiger charge is -2.50. The molecule has 0 fully saturated rings. The molecular formula is C37H28N2. The Bertz CT molecular complexity index is 1490. The molecular weight excluding hydrogens is 472 g/mol. The van der Waals surface area contributed by atoms with E-state index in [1.165, 1.54) is 33.4 Å². The molecule has 2 heteroatoms. The van der Waals surface area contributed by atoms with E-state index in [-0.39, 0.29) is 0 Å². The first-order valence-electron chi connectivity index (χ1n) is 13.4. The fourth-order valence-corrected chi connectivity index (χ4v) is 6.64. The van der Waals surface area contributed by atoms with Crippen molar-refractivity contribution in [1.29, 1.82) is 0 Å². The van der Waals surface area contributed by atoms with E-state index in [9.17, 15) is 0 Å². The van der Waals surface area contributed by atoms with Crippen LogP contribution in [0.3, 0.4) is 0 Å². The quantitative estimate of drug-likeness (QED) is 0.237. The minimum Gasteiger partial charge on any atom is -0.336 e. The van der Waals surface area contributed by atoms with Crippen LogP contribution >= 0.6 is 0 Å². The van der Waals surface area contributed by atoms with Crippen molar-refractivity contribution >= 4 is 5.69 Å². The smallest absolute Gasteiger partial charge is 0.119 e. The molecule has 1 aliphatic rings. The van der Waals surface area contributed by atoms with Gasteiger partial charge in [0.15, 0.2) is 0 Å². The lowest BCUT2D eigenvalue weighted by Crippen LogP contribution is -2.54. The van der Waals surface area contributed by atoms with E-state index in [1.54, 1.807) is 0 Å². The number of para-hydroxylation sites is 1. The summed E-state index contributed by atoms with van der Waals surface area (Å²) < 4.78 is 0. The fraction of sp³-hybridized carbons (Fsp3) is 0.0541. The third-order valence-electron chi connectivity index (χ3n) is 8.05. The van der Waals surface area contributed by atoms with Crippen LogP contribution in [0, 0.1) is 0 Å². The van der Waals surface area contributed by atoms with E-state index in [4.69, 9.17) is 4.98 Å². The van der Waals surface area contributed by atoms with Gasteiger partial charge in [0.1, 0.15) is 11.1 Å². The monoisotopic (exact) mass is 500 g/mol. The molecule has 2 heterocycles. The normalized spacial score (nSPS) is 15.0. The van der Waals surface area contributed by atoms with Gasteiger partial charge in [0.25, 0.3) is 0 Å². The Labute approximate surface area is 229 Å². The summed E-state index contributed by atoms with van der Waals surface area (Å²) in [5, 5.41) is 0. The minimum atomic E-state index is -0.654. The molecule has 7 rings (SSSR count). The molecule has 2 nitrogen and oxygen atoms in total. The van der Waals surface area contributed by atoms with Crippen LogP contribution in [0.5, 0.6) is 0 Å². The fourth-order valence-electron chi connectivity index (χ4n) is 6.64. The first-order chi connectivity index (χ1) is 19.4. The zero-order valence-corrected chi connectivity index (χ0v) is 21.6. The van der Waals surface area contributed by atoms with Crippen molar-refractivity contribution < 1.29 is 0 Å². The van der Waals surface area contributed by atoms with Crippen molar-refractivity contribution in [2.45, 2.75) is 11.1 Å². The molecule has 186 valence electrons. The summed E-state index contributed by atoms with van der Waals surface area (Å²) in [5.74, 6) is 0. The number of benzene rings is 5. The van der Waals surface area contributed by atoms with Crippen molar-refractivity contribution in [3.63, 3.8) is 0 Å². The van der Waals surface area contributed by atoms with Crippen LogP contribution in [0.25, 0.3) is 0 Å². The van der Waals surface area contributed by atoms with Gasteiger partial charge in [-0.2, -0.15) is 0 Å². The molecule has 0 aliphatic carbocycles. The lowest BCUT2D eigenvalue weighted by molar-refractivity contribution is 0.496. The number of anilines is 1. The van der Waals surface area contributed by atoms with Crippen LogP contribution < -0.4 is 4.90 Å². The number of fused-ring (bicyclic) bond motifs is 1. The highest BCUT2D eigenvalue weighted by atomic mass is 15.3. The molecule has 1 aromatic heterocycles. The molecule has 39 heavy (non-hydrogen) atoms. The van der Waals surface area contributed by atoms with E-state index < -0.39 is 11.1 Å². The highest BCUT2D eigenvalue weighted by Crippen LogP contribution is 2.62. The van der Waals surface area contributed by atoms with Crippen molar-refractivity contribution in [3.05, 3.63) is 203 Å². The Morgan fingerprint density at radius 1 is 0.385 bits per heavy atom. The number of hydrogen-bond donors (Lipinski definition) is 0. The molecule has 0 saturated carbocycles. The Kier molecular flexibility index (Phi) is 5.60. The van der Waals surface area contributed by atoms with E-state index in [2.05, 4.69) is 169 Å². The standard InChI is InChI=1S/C37H28N2/c1-6-16-29(17-7-1)36(30-18-8-2-9-19-30)34-26-27-38-28-35(34)37(31-20-10-3-11-21-31,32-22-12-4-13-23-32)39(36)33-24-14-5-15-25-33/h1-28H. The van der Waals surface area contributed by atoms with Gasteiger partial charge in [-0.15, -0.1) is 0 Å². The topological polar surface area (TPSA) is 16.1 Å². The molecule has 0 atom stereocenters. The maximum atomic E-state index is 4.76.